The van der Waals surface area contributed by atoms with E-state index in [0.29, 0.717) is 17.1 Å². The standard InChI is InChI=1S/C15H13FN2OS2/c1-19-11-4-2-9(12(16)7-11)8-20-15-18-13-5-3-10(17)6-14(13)21-15/h2-7H,8,17H2,1H3. The predicted molar refractivity (Wildman–Crippen MR) is 86.5 cm³/mol. The highest BCUT2D eigenvalue weighted by atomic mass is 32.2. The maximum atomic E-state index is 13.9. The molecule has 0 aliphatic rings. The Morgan fingerprint density at radius 2 is 2.14 bits per heavy atom. The number of nitrogen functional groups attached to an aromatic ring is 1. The molecule has 2 aromatic carbocycles. The zero-order valence-corrected chi connectivity index (χ0v) is 12.9. The first-order valence-corrected chi connectivity index (χ1v) is 8.07. The van der Waals surface area contributed by atoms with Crippen molar-refractivity contribution in [3.63, 3.8) is 0 Å². The first kappa shape index (κ1) is 14.2. The fraction of sp³-hybridized carbons (Fsp3) is 0.133. The third-order valence-electron chi connectivity index (χ3n) is 3.00. The largest absolute Gasteiger partial charge is 0.497 e. The van der Waals surface area contributed by atoms with E-state index in [-0.39, 0.29) is 5.82 Å². The number of benzene rings is 2. The lowest BCUT2D eigenvalue weighted by atomic mass is 10.2. The van der Waals surface area contributed by atoms with E-state index in [1.807, 2.05) is 18.2 Å². The van der Waals surface area contributed by atoms with Crippen LogP contribution in [0.15, 0.2) is 40.7 Å². The van der Waals surface area contributed by atoms with Gasteiger partial charge in [0.25, 0.3) is 0 Å². The average molecular weight is 320 g/mol. The van der Waals surface area contributed by atoms with Crippen LogP contribution in [0.1, 0.15) is 5.56 Å². The molecule has 0 atom stereocenters. The van der Waals surface area contributed by atoms with Crippen LogP contribution < -0.4 is 10.5 Å². The van der Waals surface area contributed by atoms with E-state index in [2.05, 4.69) is 4.98 Å². The number of hydrogen-bond acceptors (Lipinski definition) is 5. The molecule has 108 valence electrons. The molecule has 0 saturated heterocycles. The molecule has 0 unspecified atom stereocenters. The van der Waals surface area contributed by atoms with Gasteiger partial charge in [-0.05, 0) is 29.8 Å². The molecule has 3 rings (SSSR count). The summed E-state index contributed by atoms with van der Waals surface area (Å²) in [6.45, 7) is 0. The Kier molecular flexibility index (Phi) is 3.98. The van der Waals surface area contributed by atoms with Gasteiger partial charge >= 0.3 is 0 Å². The summed E-state index contributed by atoms with van der Waals surface area (Å²) in [5.41, 5.74) is 8.04. The Hall–Kier alpha value is -1.79. The van der Waals surface area contributed by atoms with Gasteiger partial charge in [0.05, 0.1) is 17.3 Å². The molecule has 3 aromatic rings. The Morgan fingerprint density at radius 3 is 2.90 bits per heavy atom. The smallest absolute Gasteiger partial charge is 0.151 e. The normalized spacial score (nSPS) is 11.0. The fourth-order valence-corrected chi connectivity index (χ4v) is 4.00. The molecule has 0 aliphatic carbocycles. The maximum absolute atomic E-state index is 13.9. The van der Waals surface area contributed by atoms with E-state index in [1.165, 1.54) is 24.9 Å². The Labute approximate surface area is 130 Å². The van der Waals surface area contributed by atoms with Crippen molar-refractivity contribution in [2.45, 2.75) is 10.1 Å². The zero-order chi connectivity index (χ0) is 14.8. The van der Waals surface area contributed by atoms with E-state index < -0.39 is 0 Å². The summed E-state index contributed by atoms with van der Waals surface area (Å²) >= 11 is 3.09. The molecule has 0 saturated carbocycles. The van der Waals surface area contributed by atoms with Gasteiger partial charge in [-0.3, -0.25) is 0 Å². The number of halogens is 1. The number of thioether (sulfide) groups is 1. The molecule has 0 amide bonds. The van der Waals surface area contributed by atoms with Gasteiger partial charge in [0.15, 0.2) is 4.34 Å². The first-order chi connectivity index (χ1) is 10.2. The van der Waals surface area contributed by atoms with Crippen LogP contribution >= 0.6 is 23.1 Å². The summed E-state index contributed by atoms with van der Waals surface area (Å²) in [7, 11) is 1.52. The second kappa shape index (κ2) is 5.91. The van der Waals surface area contributed by atoms with E-state index in [9.17, 15) is 4.39 Å². The van der Waals surface area contributed by atoms with E-state index in [0.717, 1.165) is 20.2 Å². The second-order valence-corrected chi connectivity index (χ2v) is 6.71. The van der Waals surface area contributed by atoms with Gasteiger partial charge in [0, 0.05) is 17.5 Å². The minimum absolute atomic E-state index is 0.257. The highest BCUT2D eigenvalue weighted by molar-refractivity contribution is 8.00. The number of hydrogen-bond donors (Lipinski definition) is 1. The number of rotatable bonds is 4. The van der Waals surface area contributed by atoms with Gasteiger partial charge in [-0.1, -0.05) is 17.8 Å². The molecule has 0 bridgehead atoms. The molecular weight excluding hydrogens is 307 g/mol. The summed E-state index contributed by atoms with van der Waals surface area (Å²) in [6.07, 6.45) is 0. The van der Waals surface area contributed by atoms with E-state index in [1.54, 1.807) is 23.5 Å². The molecule has 2 N–H and O–H groups in total. The number of anilines is 1. The topological polar surface area (TPSA) is 48.1 Å². The van der Waals surface area contributed by atoms with Crippen molar-refractivity contribution in [3.05, 3.63) is 47.8 Å². The second-order valence-electron chi connectivity index (χ2n) is 4.45. The number of ether oxygens (including phenoxy) is 1. The lowest BCUT2D eigenvalue weighted by Crippen LogP contribution is -1.90. The highest BCUT2D eigenvalue weighted by Crippen LogP contribution is 2.33. The van der Waals surface area contributed by atoms with Crippen molar-refractivity contribution >= 4 is 39.0 Å². The lowest BCUT2D eigenvalue weighted by molar-refractivity contribution is 0.411. The van der Waals surface area contributed by atoms with Gasteiger partial charge in [0.1, 0.15) is 11.6 Å². The number of methoxy groups -OCH3 is 1. The van der Waals surface area contributed by atoms with Gasteiger partial charge in [-0.15, -0.1) is 11.3 Å². The van der Waals surface area contributed by atoms with Gasteiger partial charge in [-0.2, -0.15) is 0 Å². The number of thiazole rings is 1. The molecule has 1 aromatic heterocycles. The van der Waals surface area contributed by atoms with Gasteiger partial charge in [0.2, 0.25) is 0 Å². The van der Waals surface area contributed by atoms with Crippen molar-refractivity contribution in [1.29, 1.82) is 0 Å². The van der Waals surface area contributed by atoms with Gasteiger partial charge < -0.3 is 10.5 Å². The van der Waals surface area contributed by atoms with Crippen molar-refractivity contribution in [3.8, 4) is 5.75 Å². The average Bonchev–Trinajstić information content (AvgIpc) is 2.87. The number of aromatic nitrogens is 1. The molecule has 21 heavy (non-hydrogen) atoms. The molecule has 0 spiro atoms. The monoisotopic (exact) mass is 320 g/mol. The number of nitrogens with two attached hydrogens (primary N) is 1. The molecule has 0 aliphatic heterocycles. The SMILES string of the molecule is COc1ccc(CSc2nc3ccc(N)cc3s2)c(F)c1. The Morgan fingerprint density at radius 1 is 1.29 bits per heavy atom. The molecular formula is C15H13FN2OS2. The molecule has 0 radical (unpaired) electrons. The molecule has 1 heterocycles. The van der Waals surface area contributed by atoms with Crippen LogP contribution in [-0.4, -0.2) is 12.1 Å². The summed E-state index contributed by atoms with van der Waals surface area (Å²) in [4.78, 5) is 4.51. The molecule has 3 nitrogen and oxygen atoms in total. The lowest BCUT2D eigenvalue weighted by Gasteiger charge is -2.04. The Balaban J connectivity index is 1.77. The predicted octanol–water partition coefficient (Wildman–Crippen LogP) is 4.32. The van der Waals surface area contributed by atoms with Crippen LogP contribution in [0.2, 0.25) is 0 Å². The fourth-order valence-electron chi connectivity index (χ4n) is 1.89. The van der Waals surface area contributed by atoms with Crippen LogP contribution in [0, 0.1) is 5.82 Å². The number of fused-ring (bicyclic) bond motifs is 1. The van der Waals surface area contributed by atoms with E-state index >= 15 is 0 Å². The summed E-state index contributed by atoms with van der Waals surface area (Å²) in [5.74, 6) is 0.800. The summed E-state index contributed by atoms with van der Waals surface area (Å²) < 4.78 is 20.8. The third-order valence-corrected chi connectivity index (χ3v) is 5.21. The van der Waals surface area contributed by atoms with Gasteiger partial charge in [-0.25, -0.2) is 9.37 Å². The van der Waals surface area contributed by atoms with Crippen LogP contribution in [0.5, 0.6) is 5.75 Å². The van der Waals surface area contributed by atoms with Crippen molar-refractivity contribution in [2.75, 3.05) is 12.8 Å². The highest BCUT2D eigenvalue weighted by Gasteiger charge is 2.08. The maximum Gasteiger partial charge on any atom is 0.151 e. The van der Waals surface area contributed by atoms with Crippen LogP contribution in [-0.2, 0) is 5.75 Å². The van der Waals surface area contributed by atoms with Crippen molar-refractivity contribution in [1.82, 2.24) is 4.98 Å². The molecule has 6 heteroatoms. The van der Waals surface area contributed by atoms with Crippen molar-refractivity contribution < 1.29 is 9.13 Å². The zero-order valence-electron chi connectivity index (χ0n) is 11.3. The van der Waals surface area contributed by atoms with Crippen molar-refractivity contribution in [2.24, 2.45) is 0 Å². The number of nitrogens with zero attached hydrogens (tertiary/aromatic N) is 1. The third kappa shape index (κ3) is 3.11. The van der Waals surface area contributed by atoms with Crippen LogP contribution in [0.3, 0.4) is 0 Å². The van der Waals surface area contributed by atoms with Crippen LogP contribution in [0.25, 0.3) is 10.2 Å². The first-order valence-electron chi connectivity index (χ1n) is 6.27. The summed E-state index contributed by atoms with van der Waals surface area (Å²) in [5, 5.41) is 0. The minimum Gasteiger partial charge on any atom is -0.497 e. The quantitative estimate of drug-likeness (QED) is 0.574. The Bertz CT molecular complexity index is 788. The molecule has 0 fully saturated rings. The minimum atomic E-state index is -0.257. The summed E-state index contributed by atoms with van der Waals surface area (Å²) in [6, 6.07) is 10.5. The van der Waals surface area contributed by atoms with Crippen LogP contribution in [0.4, 0.5) is 10.1 Å². The van der Waals surface area contributed by atoms with E-state index in [4.69, 9.17) is 10.5 Å².